The fourth-order valence-electron chi connectivity index (χ4n) is 2.42. The second kappa shape index (κ2) is 3.45. The van der Waals surface area contributed by atoms with E-state index in [4.69, 9.17) is 0 Å². The molecule has 3 rings (SSSR count). The zero-order valence-corrected chi connectivity index (χ0v) is 9.46. The van der Waals surface area contributed by atoms with Gasteiger partial charge in [-0.3, -0.25) is 9.59 Å². The number of amides is 1. The quantitative estimate of drug-likeness (QED) is 0.728. The molecule has 1 aromatic carbocycles. The van der Waals surface area contributed by atoms with E-state index in [1.807, 2.05) is 19.1 Å². The van der Waals surface area contributed by atoms with Gasteiger partial charge >= 0.3 is 0 Å². The van der Waals surface area contributed by atoms with Gasteiger partial charge < -0.3 is 10.3 Å². The van der Waals surface area contributed by atoms with Gasteiger partial charge in [-0.2, -0.15) is 0 Å². The Kier molecular flexibility index (Phi) is 2.04. The summed E-state index contributed by atoms with van der Waals surface area (Å²) >= 11 is 0. The summed E-state index contributed by atoms with van der Waals surface area (Å²) in [5.74, 6) is -0.0342. The average molecular weight is 228 g/mol. The van der Waals surface area contributed by atoms with Crippen LogP contribution in [0.5, 0.6) is 0 Å². The Hall–Kier alpha value is -2.10. The maximum absolute atomic E-state index is 11.7. The number of nitrogens with one attached hydrogen (secondary N) is 2. The number of rotatable bonds is 1. The Balaban J connectivity index is 2.34. The number of carbonyl (C=O) groups excluding carboxylic acids is 2. The largest absolute Gasteiger partial charge is 0.358 e. The molecule has 0 atom stereocenters. The summed E-state index contributed by atoms with van der Waals surface area (Å²) in [6, 6.07) is 3.79. The average Bonchev–Trinajstić information content (AvgIpc) is 2.62. The molecule has 2 heterocycles. The summed E-state index contributed by atoms with van der Waals surface area (Å²) in [4.78, 5) is 25.9. The molecule has 1 aliphatic heterocycles. The SMILES string of the molecule is Cc1[nH]c2cc3c(cc2c1C=O)CCNC3=O. The van der Waals surface area contributed by atoms with Gasteiger partial charge in [-0.1, -0.05) is 0 Å². The van der Waals surface area contributed by atoms with Crippen LogP contribution < -0.4 is 5.32 Å². The normalized spacial score (nSPS) is 14.5. The number of carbonyl (C=O) groups is 2. The molecule has 1 aromatic heterocycles. The van der Waals surface area contributed by atoms with Crippen molar-refractivity contribution in [2.45, 2.75) is 13.3 Å². The molecular formula is C13H12N2O2. The minimum absolute atomic E-state index is 0.0342. The summed E-state index contributed by atoms with van der Waals surface area (Å²) in [7, 11) is 0. The van der Waals surface area contributed by atoms with E-state index in [0.717, 1.165) is 34.9 Å². The van der Waals surface area contributed by atoms with Crippen LogP contribution in [0.15, 0.2) is 12.1 Å². The Bertz CT molecular complexity index is 640. The van der Waals surface area contributed by atoms with Crippen molar-refractivity contribution < 1.29 is 9.59 Å². The van der Waals surface area contributed by atoms with Crippen LogP contribution in [0.4, 0.5) is 0 Å². The minimum atomic E-state index is -0.0342. The van der Waals surface area contributed by atoms with E-state index in [9.17, 15) is 9.59 Å². The number of benzene rings is 1. The van der Waals surface area contributed by atoms with Crippen molar-refractivity contribution in [3.8, 4) is 0 Å². The highest BCUT2D eigenvalue weighted by Crippen LogP contribution is 2.26. The highest BCUT2D eigenvalue weighted by molar-refractivity contribution is 6.04. The Labute approximate surface area is 98.0 Å². The number of hydrogen-bond acceptors (Lipinski definition) is 2. The van der Waals surface area contributed by atoms with Gasteiger partial charge in [-0.05, 0) is 31.0 Å². The number of aromatic nitrogens is 1. The molecular weight excluding hydrogens is 216 g/mol. The zero-order chi connectivity index (χ0) is 12.0. The van der Waals surface area contributed by atoms with E-state index in [2.05, 4.69) is 10.3 Å². The first kappa shape index (κ1) is 10.1. The molecule has 0 saturated carbocycles. The Morgan fingerprint density at radius 1 is 1.35 bits per heavy atom. The second-order valence-corrected chi connectivity index (χ2v) is 4.34. The second-order valence-electron chi connectivity index (χ2n) is 4.34. The molecule has 1 amide bonds. The molecule has 4 nitrogen and oxygen atoms in total. The van der Waals surface area contributed by atoms with E-state index in [0.29, 0.717) is 17.7 Å². The van der Waals surface area contributed by atoms with Crippen LogP contribution in [0.25, 0.3) is 10.9 Å². The standard InChI is InChI=1S/C13H12N2O2/c1-7-11(6-16)10-4-8-2-3-14-13(17)9(8)5-12(10)15-7/h4-6,15H,2-3H2,1H3,(H,14,17). The van der Waals surface area contributed by atoms with E-state index < -0.39 is 0 Å². The molecule has 2 aromatic rings. The van der Waals surface area contributed by atoms with E-state index in [1.54, 1.807) is 0 Å². The molecule has 86 valence electrons. The smallest absolute Gasteiger partial charge is 0.251 e. The van der Waals surface area contributed by atoms with Gasteiger partial charge in [0.1, 0.15) is 0 Å². The molecule has 0 radical (unpaired) electrons. The van der Waals surface area contributed by atoms with Crippen LogP contribution in [0, 0.1) is 6.92 Å². The maximum atomic E-state index is 11.7. The highest BCUT2D eigenvalue weighted by Gasteiger charge is 2.19. The third kappa shape index (κ3) is 1.37. The number of H-pyrrole nitrogens is 1. The summed E-state index contributed by atoms with van der Waals surface area (Å²) in [6.07, 6.45) is 1.68. The van der Waals surface area contributed by atoms with Gasteiger partial charge in [-0.25, -0.2) is 0 Å². The molecule has 0 saturated heterocycles. The fourth-order valence-corrected chi connectivity index (χ4v) is 2.42. The molecule has 0 fully saturated rings. The van der Waals surface area contributed by atoms with Gasteiger partial charge in [0.25, 0.3) is 5.91 Å². The lowest BCUT2D eigenvalue weighted by Gasteiger charge is -2.16. The summed E-state index contributed by atoms with van der Waals surface area (Å²) in [6.45, 7) is 2.53. The van der Waals surface area contributed by atoms with E-state index in [-0.39, 0.29) is 5.91 Å². The first-order valence-electron chi connectivity index (χ1n) is 5.59. The molecule has 4 heteroatoms. The lowest BCUT2D eigenvalue weighted by atomic mass is 9.97. The van der Waals surface area contributed by atoms with Crippen LogP contribution in [0.3, 0.4) is 0 Å². The number of fused-ring (bicyclic) bond motifs is 2. The number of aldehydes is 1. The zero-order valence-electron chi connectivity index (χ0n) is 9.46. The lowest BCUT2D eigenvalue weighted by molar-refractivity contribution is 0.0946. The monoisotopic (exact) mass is 228 g/mol. The van der Waals surface area contributed by atoms with Crippen LogP contribution in [0.2, 0.25) is 0 Å². The van der Waals surface area contributed by atoms with Gasteiger partial charge in [0.05, 0.1) is 0 Å². The highest BCUT2D eigenvalue weighted by atomic mass is 16.1. The summed E-state index contributed by atoms with van der Waals surface area (Å²) < 4.78 is 0. The van der Waals surface area contributed by atoms with Crippen molar-refractivity contribution in [2.24, 2.45) is 0 Å². The summed E-state index contributed by atoms with van der Waals surface area (Å²) in [5.41, 5.74) is 4.11. The molecule has 2 N–H and O–H groups in total. The predicted octanol–water partition coefficient (Wildman–Crippen LogP) is 1.57. The van der Waals surface area contributed by atoms with Crippen molar-refractivity contribution in [3.63, 3.8) is 0 Å². The third-order valence-electron chi connectivity index (χ3n) is 3.30. The molecule has 1 aliphatic rings. The first-order valence-corrected chi connectivity index (χ1v) is 5.59. The number of hydrogen-bond donors (Lipinski definition) is 2. The molecule has 0 aliphatic carbocycles. The van der Waals surface area contributed by atoms with Crippen molar-refractivity contribution in [3.05, 3.63) is 34.5 Å². The topological polar surface area (TPSA) is 62.0 Å². The van der Waals surface area contributed by atoms with Gasteiger partial charge in [0, 0.05) is 34.3 Å². The Morgan fingerprint density at radius 2 is 2.18 bits per heavy atom. The van der Waals surface area contributed by atoms with Crippen molar-refractivity contribution in [1.29, 1.82) is 0 Å². The van der Waals surface area contributed by atoms with Crippen LogP contribution in [0.1, 0.15) is 32.0 Å². The molecule has 0 unspecified atom stereocenters. The number of aromatic amines is 1. The minimum Gasteiger partial charge on any atom is -0.358 e. The molecule has 0 spiro atoms. The van der Waals surface area contributed by atoms with Gasteiger partial charge in [0.2, 0.25) is 0 Å². The van der Waals surface area contributed by atoms with Crippen molar-refractivity contribution in [2.75, 3.05) is 6.54 Å². The van der Waals surface area contributed by atoms with E-state index in [1.165, 1.54) is 0 Å². The number of aryl methyl sites for hydroxylation is 1. The van der Waals surface area contributed by atoms with Crippen molar-refractivity contribution in [1.82, 2.24) is 10.3 Å². The van der Waals surface area contributed by atoms with Crippen molar-refractivity contribution >= 4 is 23.1 Å². The van der Waals surface area contributed by atoms with Gasteiger partial charge in [0.15, 0.2) is 6.29 Å². The molecule has 0 bridgehead atoms. The van der Waals surface area contributed by atoms with E-state index >= 15 is 0 Å². The van der Waals surface area contributed by atoms with Crippen LogP contribution >= 0.6 is 0 Å². The van der Waals surface area contributed by atoms with Gasteiger partial charge in [-0.15, -0.1) is 0 Å². The van der Waals surface area contributed by atoms with Crippen LogP contribution in [-0.4, -0.2) is 23.7 Å². The lowest BCUT2D eigenvalue weighted by Crippen LogP contribution is -2.31. The first-order chi connectivity index (χ1) is 8.20. The maximum Gasteiger partial charge on any atom is 0.251 e. The third-order valence-corrected chi connectivity index (χ3v) is 3.30. The Morgan fingerprint density at radius 3 is 2.94 bits per heavy atom. The summed E-state index contributed by atoms with van der Waals surface area (Å²) in [5, 5.41) is 3.72. The predicted molar refractivity (Wildman–Crippen MR) is 64.5 cm³/mol. The fraction of sp³-hybridized carbons (Fsp3) is 0.231. The van der Waals surface area contributed by atoms with Crippen LogP contribution in [-0.2, 0) is 6.42 Å². The molecule has 17 heavy (non-hydrogen) atoms.